The standard InChI is InChI=1S/C11H9N7O3S/c19-8(17-18-6-13-15-10(18)20)5-22-11-16-14-9(21-11)7-3-1-2-4-12-7/h1-4,6H,5H2,(H,15,20)(H,17,19). The highest BCUT2D eigenvalue weighted by Crippen LogP contribution is 2.21. The van der Waals surface area contributed by atoms with Gasteiger partial charge in [-0.15, -0.1) is 10.2 Å². The van der Waals surface area contributed by atoms with Crippen molar-refractivity contribution in [3.05, 3.63) is 41.2 Å². The Bertz CT molecular complexity index is 825. The summed E-state index contributed by atoms with van der Waals surface area (Å²) >= 11 is 1.05. The molecule has 112 valence electrons. The highest BCUT2D eigenvalue weighted by atomic mass is 32.2. The number of pyridine rings is 1. The molecule has 22 heavy (non-hydrogen) atoms. The van der Waals surface area contributed by atoms with Crippen molar-refractivity contribution in [2.45, 2.75) is 5.22 Å². The van der Waals surface area contributed by atoms with Gasteiger partial charge in [0.2, 0.25) is 5.91 Å². The molecule has 0 fully saturated rings. The Hall–Kier alpha value is -2.95. The topological polar surface area (TPSA) is 132 Å². The quantitative estimate of drug-likeness (QED) is 0.622. The van der Waals surface area contributed by atoms with Crippen LogP contribution in [-0.4, -0.2) is 41.7 Å². The van der Waals surface area contributed by atoms with E-state index in [1.165, 1.54) is 0 Å². The van der Waals surface area contributed by atoms with Gasteiger partial charge in [0, 0.05) is 6.20 Å². The van der Waals surface area contributed by atoms with Crippen LogP contribution in [0.3, 0.4) is 0 Å². The van der Waals surface area contributed by atoms with Crippen LogP contribution in [0.15, 0.2) is 45.2 Å². The van der Waals surface area contributed by atoms with Crippen molar-refractivity contribution in [1.29, 1.82) is 0 Å². The van der Waals surface area contributed by atoms with E-state index in [0.29, 0.717) is 5.69 Å². The van der Waals surface area contributed by atoms with E-state index in [9.17, 15) is 9.59 Å². The molecule has 0 bridgehead atoms. The predicted octanol–water partition coefficient (Wildman–Crippen LogP) is -0.121. The van der Waals surface area contributed by atoms with Crippen LogP contribution in [0.1, 0.15) is 0 Å². The molecule has 3 heterocycles. The predicted molar refractivity (Wildman–Crippen MR) is 75.5 cm³/mol. The third-order valence-electron chi connectivity index (χ3n) is 2.41. The van der Waals surface area contributed by atoms with Crippen LogP contribution in [0.2, 0.25) is 0 Å². The molecule has 3 aromatic heterocycles. The zero-order valence-electron chi connectivity index (χ0n) is 11.0. The second-order valence-corrected chi connectivity index (χ2v) is 4.87. The molecular formula is C11H9N7O3S. The van der Waals surface area contributed by atoms with Crippen LogP contribution in [-0.2, 0) is 4.79 Å². The maximum Gasteiger partial charge on any atom is 0.362 e. The van der Waals surface area contributed by atoms with Crippen molar-refractivity contribution in [2.24, 2.45) is 0 Å². The summed E-state index contributed by atoms with van der Waals surface area (Å²) in [7, 11) is 0. The molecule has 1 amide bonds. The normalized spacial score (nSPS) is 10.5. The molecule has 0 radical (unpaired) electrons. The number of carbonyl (C=O) groups is 1. The van der Waals surface area contributed by atoms with Gasteiger partial charge in [0.05, 0.1) is 5.75 Å². The van der Waals surface area contributed by atoms with E-state index in [2.05, 4.69) is 30.8 Å². The Labute approximate surface area is 126 Å². The van der Waals surface area contributed by atoms with Crippen LogP contribution < -0.4 is 11.1 Å². The number of aromatic amines is 1. The van der Waals surface area contributed by atoms with E-state index < -0.39 is 11.6 Å². The summed E-state index contributed by atoms with van der Waals surface area (Å²) in [6.45, 7) is 0. The molecule has 10 nitrogen and oxygen atoms in total. The lowest BCUT2D eigenvalue weighted by molar-refractivity contribution is -0.114. The molecule has 0 spiro atoms. The number of amides is 1. The van der Waals surface area contributed by atoms with Crippen molar-refractivity contribution < 1.29 is 9.21 Å². The Morgan fingerprint density at radius 3 is 3.05 bits per heavy atom. The lowest BCUT2D eigenvalue weighted by atomic mass is 10.3. The summed E-state index contributed by atoms with van der Waals surface area (Å²) in [6, 6.07) is 5.31. The van der Waals surface area contributed by atoms with E-state index in [-0.39, 0.29) is 16.9 Å². The van der Waals surface area contributed by atoms with Crippen LogP contribution in [0, 0.1) is 0 Å². The van der Waals surface area contributed by atoms with Crippen LogP contribution in [0.5, 0.6) is 0 Å². The number of thioether (sulfide) groups is 1. The lowest BCUT2D eigenvalue weighted by Gasteiger charge is -2.01. The molecule has 2 N–H and O–H groups in total. The van der Waals surface area contributed by atoms with Gasteiger partial charge in [-0.2, -0.15) is 9.77 Å². The third-order valence-corrected chi connectivity index (χ3v) is 3.23. The van der Waals surface area contributed by atoms with Gasteiger partial charge in [-0.05, 0) is 12.1 Å². The Morgan fingerprint density at radius 2 is 2.32 bits per heavy atom. The second-order valence-electron chi connectivity index (χ2n) is 3.94. The fourth-order valence-electron chi connectivity index (χ4n) is 1.48. The van der Waals surface area contributed by atoms with Gasteiger partial charge in [-0.3, -0.25) is 15.2 Å². The van der Waals surface area contributed by atoms with E-state index in [4.69, 9.17) is 4.42 Å². The molecule has 0 aliphatic rings. The minimum absolute atomic E-state index is 0.00146. The summed E-state index contributed by atoms with van der Waals surface area (Å²) < 4.78 is 6.33. The summed E-state index contributed by atoms with van der Waals surface area (Å²) in [6.07, 6.45) is 2.78. The van der Waals surface area contributed by atoms with Crippen LogP contribution in [0.25, 0.3) is 11.6 Å². The minimum Gasteiger partial charge on any atom is -0.410 e. The average molecular weight is 319 g/mol. The first kappa shape index (κ1) is 14.0. The average Bonchev–Trinajstić information content (AvgIpc) is 3.16. The first-order valence-electron chi connectivity index (χ1n) is 6.02. The smallest absolute Gasteiger partial charge is 0.362 e. The molecule has 0 aliphatic heterocycles. The molecule has 3 rings (SSSR count). The summed E-state index contributed by atoms with van der Waals surface area (Å²) in [4.78, 5) is 26.9. The van der Waals surface area contributed by atoms with E-state index in [1.807, 2.05) is 0 Å². The number of nitrogens with one attached hydrogen (secondary N) is 2. The highest BCUT2D eigenvalue weighted by molar-refractivity contribution is 7.99. The first-order valence-corrected chi connectivity index (χ1v) is 7.00. The fourth-order valence-corrected chi connectivity index (χ4v) is 2.04. The van der Waals surface area contributed by atoms with E-state index in [0.717, 1.165) is 22.8 Å². The Morgan fingerprint density at radius 1 is 1.41 bits per heavy atom. The molecule has 3 aromatic rings. The second kappa shape index (κ2) is 6.22. The number of hydrogen-bond donors (Lipinski definition) is 2. The number of H-pyrrole nitrogens is 1. The van der Waals surface area contributed by atoms with Crippen LogP contribution in [0.4, 0.5) is 0 Å². The Kier molecular flexibility index (Phi) is 3.96. The molecule has 0 aliphatic carbocycles. The zero-order chi connectivity index (χ0) is 15.4. The SMILES string of the molecule is O=C(CSc1nnc(-c2ccccn2)o1)Nn1cn[nH]c1=O. The summed E-state index contributed by atoms with van der Waals surface area (Å²) in [5, 5.41) is 13.5. The molecule has 11 heteroatoms. The fraction of sp³-hybridized carbons (Fsp3) is 0.0909. The molecule has 0 unspecified atom stereocenters. The van der Waals surface area contributed by atoms with Gasteiger partial charge in [0.15, 0.2) is 0 Å². The monoisotopic (exact) mass is 319 g/mol. The van der Waals surface area contributed by atoms with Gasteiger partial charge in [-0.1, -0.05) is 17.8 Å². The Balaban J connectivity index is 1.58. The van der Waals surface area contributed by atoms with Crippen molar-refractivity contribution in [1.82, 2.24) is 30.1 Å². The van der Waals surface area contributed by atoms with Gasteiger partial charge in [0.25, 0.3) is 11.1 Å². The van der Waals surface area contributed by atoms with Gasteiger partial charge in [-0.25, -0.2) is 9.89 Å². The van der Waals surface area contributed by atoms with Gasteiger partial charge < -0.3 is 4.42 Å². The number of aromatic nitrogens is 6. The molecule has 0 aromatic carbocycles. The van der Waals surface area contributed by atoms with E-state index >= 15 is 0 Å². The first-order chi connectivity index (χ1) is 10.7. The maximum absolute atomic E-state index is 11.7. The zero-order valence-corrected chi connectivity index (χ0v) is 11.8. The van der Waals surface area contributed by atoms with Gasteiger partial charge in [0.1, 0.15) is 12.0 Å². The third kappa shape index (κ3) is 3.20. The minimum atomic E-state index is -0.534. The number of rotatable bonds is 5. The molecular weight excluding hydrogens is 310 g/mol. The van der Waals surface area contributed by atoms with Gasteiger partial charge >= 0.3 is 5.69 Å². The maximum atomic E-state index is 11.7. The summed E-state index contributed by atoms with van der Waals surface area (Å²) in [5.74, 6) is -0.137. The van der Waals surface area contributed by atoms with Crippen molar-refractivity contribution in [2.75, 3.05) is 11.2 Å². The molecule has 0 atom stereocenters. The van der Waals surface area contributed by atoms with Crippen molar-refractivity contribution in [3.8, 4) is 11.6 Å². The van der Waals surface area contributed by atoms with Crippen molar-refractivity contribution in [3.63, 3.8) is 0 Å². The number of carbonyl (C=O) groups excluding carboxylic acids is 1. The number of nitrogens with zero attached hydrogens (tertiary/aromatic N) is 5. The lowest BCUT2D eigenvalue weighted by Crippen LogP contribution is -2.31. The number of hydrogen-bond acceptors (Lipinski definition) is 8. The summed E-state index contributed by atoms with van der Waals surface area (Å²) in [5.41, 5.74) is 2.37. The largest absolute Gasteiger partial charge is 0.410 e. The van der Waals surface area contributed by atoms with Crippen LogP contribution >= 0.6 is 11.8 Å². The molecule has 0 saturated carbocycles. The van der Waals surface area contributed by atoms with E-state index in [1.54, 1.807) is 24.4 Å². The molecule has 0 saturated heterocycles. The van der Waals surface area contributed by atoms with Crippen molar-refractivity contribution >= 4 is 17.7 Å². The highest BCUT2D eigenvalue weighted by Gasteiger charge is 2.12.